The number of carbonyl (C=O) groups is 2. The first-order chi connectivity index (χ1) is 16.5. The van der Waals surface area contributed by atoms with E-state index in [0.717, 1.165) is 24.3 Å². The van der Waals surface area contributed by atoms with Crippen LogP contribution in [0.1, 0.15) is 40.7 Å². The van der Waals surface area contributed by atoms with E-state index in [2.05, 4.69) is 10.6 Å². The third kappa shape index (κ3) is 9.44. The van der Waals surface area contributed by atoms with Crippen LogP contribution in [-0.4, -0.2) is 25.8 Å². The van der Waals surface area contributed by atoms with Gasteiger partial charge in [-0.3, -0.25) is 9.59 Å². The van der Waals surface area contributed by atoms with Crippen LogP contribution < -0.4 is 10.6 Å². The number of rotatable bonds is 8. The molecule has 4 nitrogen and oxygen atoms in total. The topological polar surface area (TPSA) is 58.2 Å². The van der Waals surface area contributed by atoms with Gasteiger partial charge in [-0.15, -0.1) is 0 Å². The maximum atomic E-state index is 14.8. The van der Waals surface area contributed by atoms with Gasteiger partial charge < -0.3 is 10.6 Å². The summed E-state index contributed by atoms with van der Waals surface area (Å²) in [4.78, 5) is 24.1. The van der Waals surface area contributed by atoms with Crippen LogP contribution in [0.25, 0.3) is 5.83 Å². The molecule has 196 valence electrons. The smallest absolute Gasteiger partial charge is 0.336 e. The molecular weight excluding hydrogens is 779 g/mol. The molecule has 0 spiro atoms. The molecule has 0 fully saturated rings. The Hall–Kier alpha value is -0.900. The van der Waals surface area contributed by atoms with Crippen LogP contribution in [0.15, 0.2) is 42.5 Å². The molecular formula is C22H16Cl3F5I2N2O2. The molecule has 0 aliphatic heterocycles. The van der Waals surface area contributed by atoms with Gasteiger partial charge >= 0.3 is 6.18 Å². The molecule has 0 aromatic heterocycles. The Bertz CT molecular complexity index is 1130. The van der Waals surface area contributed by atoms with E-state index in [1.165, 1.54) is 64.2 Å². The number of hydrogen-bond acceptors (Lipinski definition) is 2. The average molecular weight is 796 g/mol. The van der Waals surface area contributed by atoms with Gasteiger partial charge in [0.15, 0.2) is 0 Å². The summed E-state index contributed by atoms with van der Waals surface area (Å²) in [5.41, 5.74) is -0.560. The van der Waals surface area contributed by atoms with Crippen molar-refractivity contribution in [2.75, 3.05) is 0 Å². The van der Waals surface area contributed by atoms with E-state index < -0.39 is 49.6 Å². The maximum absolute atomic E-state index is 14.8. The summed E-state index contributed by atoms with van der Waals surface area (Å²) in [6, 6.07) is 6.57. The molecule has 2 aromatic carbocycles. The lowest BCUT2D eigenvalue weighted by atomic mass is 9.96. The molecule has 0 aliphatic rings. The zero-order valence-corrected chi connectivity index (χ0v) is 24.6. The van der Waals surface area contributed by atoms with Crippen molar-refractivity contribution in [2.24, 2.45) is 0 Å². The lowest BCUT2D eigenvalue weighted by Gasteiger charge is -2.19. The average Bonchev–Trinajstić information content (AvgIpc) is 2.73. The van der Waals surface area contributed by atoms with E-state index in [1.807, 2.05) is 0 Å². The standard InChI is InChI=1S/C22H16Cl3F5I2N2O2/c1-10(33-18(35)9-21(27,31)32)34-20(36)12-4-2-11(3-5-12)17(26)8-14(22(28,29)30)13-6-15(23)19(25)16(24)7-13/h2-8,10,14H,9H2,1H3,(H,33,35)(H,34,36)/b17-8-/t10-,14?/m1/s1. The van der Waals surface area contributed by atoms with Gasteiger partial charge in [-0.25, -0.2) is 8.78 Å². The lowest BCUT2D eigenvalue weighted by Crippen LogP contribution is -2.46. The van der Waals surface area contributed by atoms with Crippen molar-refractivity contribution in [1.82, 2.24) is 10.6 Å². The van der Waals surface area contributed by atoms with Gasteiger partial charge in [-0.05, 0) is 88.0 Å². The van der Waals surface area contributed by atoms with Gasteiger partial charge in [0.05, 0.1) is 27.7 Å². The van der Waals surface area contributed by atoms with Crippen LogP contribution >= 0.6 is 80.0 Å². The first-order valence-corrected chi connectivity index (χ1v) is 13.1. The highest BCUT2D eigenvalue weighted by Gasteiger charge is 2.40. The predicted molar refractivity (Wildman–Crippen MR) is 147 cm³/mol. The molecule has 0 saturated heterocycles. The molecule has 0 saturated carbocycles. The molecule has 1 unspecified atom stereocenters. The molecule has 0 heterocycles. The zero-order chi connectivity index (χ0) is 27.4. The van der Waals surface area contributed by atoms with Gasteiger partial charge in [0.1, 0.15) is 11.7 Å². The summed E-state index contributed by atoms with van der Waals surface area (Å²) in [6.07, 6.45) is -5.77. The minimum atomic E-state index is -4.87. The Morgan fingerprint density at radius 3 is 1.94 bits per heavy atom. The van der Waals surface area contributed by atoms with Crippen molar-refractivity contribution in [3.8, 4) is 0 Å². The SMILES string of the molecule is C[C@H](NC(=O)CC(F)(I)I)NC(=O)c1ccc(/C(F)=C/C(c2cc(Cl)c(Cl)c(Cl)c2)C(F)(F)F)cc1. The molecule has 2 aromatic rings. The fraction of sp³-hybridized carbons (Fsp3) is 0.273. The fourth-order valence-electron chi connectivity index (χ4n) is 2.95. The first-order valence-electron chi connectivity index (χ1n) is 9.84. The number of allylic oxidation sites excluding steroid dienone is 1. The Kier molecular flexibility index (Phi) is 11.1. The van der Waals surface area contributed by atoms with Crippen molar-refractivity contribution in [3.05, 3.63) is 74.2 Å². The molecule has 0 radical (unpaired) electrons. The second-order valence-electron chi connectivity index (χ2n) is 7.46. The predicted octanol–water partition coefficient (Wildman–Crippen LogP) is 8.38. The van der Waals surface area contributed by atoms with Gasteiger partial charge in [-0.2, -0.15) is 13.2 Å². The number of amides is 2. The third-order valence-electron chi connectivity index (χ3n) is 4.54. The summed E-state index contributed by atoms with van der Waals surface area (Å²) in [5, 5.41) is 4.32. The minimum absolute atomic E-state index is 0.0545. The van der Waals surface area contributed by atoms with E-state index in [1.54, 1.807) is 0 Å². The van der Waals surface area contributed by atoms with Crippen LogP contribution in [0.5, 0.6) is 0 Å². The van der Waals surface area contributed by atoms with Crippen molar-refractivity contribution in [3.63, 3.8) is 0 Å². The quantitative estimate of drug-likeness (QED) is 0.0929. The van der Waals surface area contributed by atoms with Crippen molar-refractivity contribution in [2.45, 2.75) is 33.3 Å². The largest absolute Gasteiger partial charge is 0.399 e. The zero-order valence-electron chi connectivity index (χ0n) is 18.0. The Balaban J connectivity index is 2.18. The van der Waals surface area contributed by atoms with E-state index >= 15 is 0 Å². The van der Waals surface area contributed by atoms with E-state index in [9.17, 15) is 31.5 Å². The van der Waals surface area contributed by atoms with Crippen LogP contribution in [0.3, 0.4) is 0 Å². The molecule has 36 heavy (non-hydrogen) atoms. The second-order valence-corrected chi connectivity index (χ2v) is 14.1. The van der Waals surface area contributed by atoms with Gasteiger partial charge in [-0.1, -0.05) is 46.9 Å². The fourth-order valence-corrected chi connectivity index (χ4v) is 4.25. The summed E-state index contributed by atoms with van der Waals surface area (Å²) >= 11 is 20.4. The lowest BCUT2D eigenvalue weighted by molar-refractivity contribution is -0.139. The highest BCUT2D eigenvalue weighted by atomic mass is 127. The Labute approximate surface area is 245 Å². The molecule has 14 heteroatoms. The normalized spacial score (nSPS) is 14.2. The van der Waals surface area contributed by atoms with Crippen LogP contribution in [0, 0.1) is 0 Å². The number of nitrogens with one attached hydrogen (secondary N) is 2. The highest BCUT2D eigenvalue weighted by molar-refractivity contribution is 14.2. The van der Waals surface area contributed by atoms with Crippen molar-refractivity contribution in [1.29, 1.82) is 0 Å². The number of carbonyl (C=O) groups excluding carboxylic acids is 2. The number of benzene rings is 2. The summed E-state index contributed by atoms with van der Waals surface area (Å²) < 4.78 is 67.6. The molecule has 0 bridgehead atoms. The molecule has 2 amide bonds. The molecule has 2 N–H and O–H groups in total. The van der Waals surface area contributed by atoms with Crippen molar-refractivity contribution < 1.29 is 31.5 Å². The molecule has 2 atom stereocenters. The Morgan fingerprint density at radius 2 is 1.47 bits per heavy atom. The number of alkyl halides is 6. The van der Waals surface area contributed by atoms with Crippen LogP contribution in [0.4, 0.5) is 22.0 Å². The summed E-state index contributed by atoms with van der Waals surface area (Å²) in [6.45, 7) is 1.46. The van der Waals surface area contributed by atoms with Gasteiger partial charge in [0.2, 0.25) is 7.59 Å². The van der Waals surface area contributed by atoms with Gasteiger partial charge in [0, 0.05) is 11.1 Å². The molecule has 2 rings (SSSR count). The van der Waals surface area contributed by atoms with E-state index in [0.29, 0.717) is 6.08 Å². The number of halogens is 10. The maximum Gasteiger partial charge on any atom is 0.399 e. The summed E-state index contributed by atoms with van der Waals surface area (Å²) in [5.74, 6) is -4.84. The molecule has 0 aliphatic carbocycles. The monoisotopic (exact) mass is 794 g/mol. The minimum Gasteiger partial charge on any atom is -0.336 e. The Morgan fingerprint density at radius 1 is 0.972 bits per heavy atom. The second kappa shape index (κ2) is 12.8. The van der Waals surface area contributed by atoms with Crippen molar-refractivity contribution >= 4 is 97.6 Å². The van der Waals surface area contributed by atoms with Crippen LogP contribution in [0.2, 0.25) is 15.1 Å². The van der Waals surface area contributed by atoms with Gasteiger partial charge in [0.25, 0.3) is 5.91 Å². The highest BCUT2D eigenvalue weighted by Crippen LogP contribution is 2.42. The number of hydrogen-bond donors (Lipinski definition) is 2. The van der Waals surface area contributed by atoms with Crippen LogP contribution in [-0.2, 0) is 4.79 Å². The summed E-state index contributed by atoms with van der Waals surface area (Å²) in [7, 11) is 0. The third-order valence-corrected chi connectivity index (χ3v) is 6.50. The van der Waals surface area contributed by atoms with E-state index in [4.69, 9.17) is 34.8 Å². The first kappa shape index (κ1) is 31.3. The van der Waals surface area contributed by atoms with E-state index in [-0.39, 0.29) is 26.2 Å².